The van der Waals surface area contributed by atoms with E-state index in [-0.39, 0.29) is 28.4 Å². The van der Waals surface area contributed by atoms with Crippen molar-refractivity contribution in [3.8, 4) is 5.75 Å². The number of pyridine rings is 1. The van der Waals surface area contributed by atoms with Crippen molar-refractivity contribution in [1.29, 1.82) is 5.41 Å². The Hall–Kier alpha value is -3.10. The molecule has 9 heteroatoms. The lowest BCUT2D eigenvalue weighted by Gasteiger charge is -2.14. The van der Waals surface area contributed by atoms with Gasteiger partial charge in [-0.05, 0) is 37.3 Å². The number of halogens is 3. The molecule has 0 bridgehead atoms. The molecule has 0 aliphatic heterocycles. The summed E-state index contributed by atoms with van der Waals surface area (Å²) in [4.78, 5) is 15.5. The molecule has 0 saturated heterocycles. The number of anilines is 2. The molecule has 0 atom stereocenters. The normalized spacial score (nSPS) is 11.0. The Morgan fingerprint density at radius 2 is 1.88 bits per heavy atom. The van der Waals surface area contributed by atoms with E-state index >= 15 is 0 Å². The smallest absolute Gasteiger partial charge is 0.406 e. The van der Waals surface area contributed by atoms with E-state index in [1.165, 1.54) is 31.3 Å². The van der Waals surface area contributed by atoms with Gasteiger partial charge in [0.25, 0.3) is 0 Å². The minimum atomic E-state index is -4.77. The van der Waals surface area contributed by atoms with Crippen molar-refractivity contribution >= 4 is 23.1 Å². The molecule has 2 aromatic rings. The second kappa shape index (κ2) is 6.57. The number of amides is 1. The van der Waals surface area contributed by atoms with Gasteiger partial charge in [-0.25, -0.2) is 4.98 Å². The fourth-order valence-corrected chi connectivity index (χ4v) is 2.02. The van der Waals surface area contributed by atoms with Gasteiger partial charge in [-0.2, -0.15) is 0 Å². The minimum absolute atomic E-state index is 0.0661. The molecule has 2 rings (SSSR count). The van der Waals surface area contributed by atoms with Crippen LogP contribution in [0, 0.1) is 5.41 Å². The van der Waals surface area contributed by atoms with Gasteiger partial charge in [0.15, 0.2) is 0 Å². The van der Waals surface area contributed by atoms with Crippen LogP contribution in [0.3, 0.4) is 0 Å². The third kappa shape index (κ3) is 4.22. The highest BCUT2D eigenvalue weighted by atomic mass is 19.4. The van der Waals surface area contributed by atoms with Crippen LogP contribution in [-0.2, 0) is 0 Å². The molecule has 1 heterocycles. The van der Waals surface area contributed by atoms with Crippen molar-refractivity contribution in [2.24, 2.45) is 5.73 Å². The molecule has 126 valence electrons. The Bertz CT molecular complexity index is 773. The average molecular weight is 338 g/mol. The van der Waals surface area contributed by atoms with Crippen molar-refractivity contribution < 1.29 is 22.7 Å². The molecular formula is C15H13F3N4O2. The largest absolute Gasteiger partial charge is 0.573 e. The predicted molar refractivity (Wildman–Crippen MR) is 81.7 cm³/mol. The number of benzene rings is 1. The molecule has 1 aromatic heterocycles. The zero-order chi connectivity index (χ0) is 17.9. The quantitative estimate of drug-likeness (QED) is 0.729. The third-order valence-corrected chi connectivity index (χ3v) is 2.94. The van der Waals surface area contributed by atoms with Crippen molar-refractivity contribution in [3.63, 3.8) is 0 Å². The molecule has 4 N–H and O–H groups in total. The predicted octanol–water partition coefficient (Wildman–Crippen LogP) is 3.21. The molecule has 1 aromatic carbocycles. The number of carbonyl (C=O) groups excluding carboxylic acids is 1. The van der Waals surface area contributed by atoms with Gasteiger partial charge >= 0.3 is 6.36 Å². The maximum absolute atomic E-state index is 12.1. The summed E-state index contributed by atoms with van der Waals surface area (Å²) in [6, 6.07) is 6.35. The fraction of sp³-hybridized carbons (Fsp3) is 0.133. The van der Waals surface area contributed by atoms with Crippen LogP contribution in [0.4, 0.5) is 24.7 Å². The van der Waals surface area contributed by atoms with Crippen molar-refractivity contribution in [1.82, 2.24) is 4.98 Å². The van der Waals surface area contributed by atoms with Crippen LogP contribution < -0.4 is 15.8 Å². The second-order valence-electron chi connectivity index (χ2n) is 4.77. The van der Waals surface area contributed by atoms with Crippen molar-refractivity contribution in [2.45, 2.75) is 13.3 Å². The standard InChI is InChI=1S/C15H13F3N4O2/c1-8(19)12-11(13(20)23)6-7-21-14(12)22-9-2-4-10(5-3-9)24-15(16,17)18/h2-7,19H,1H3,(H2,20,23)(H,21,22). The van der Waals surface area contributed by atoms with Crippen LogP contribution >= 0.6 is 0 Å². The summed E-state index contributed by atoms with van der Waals surface area (Å²) in [5.41, 5.74) is 6.09. The molecule has 0 aliphatic carbocycles. The monoisotopic (exact) mass is 338 g/mol. The van der Waals surface area contributed by atoms with E-state index in [1.54, 1.807) is 0 Å². The Kier molecular flexibility index (Phi) is 4.72. The second-order valence-corrected chi connectivity index (χ2v) is 4.77. The first-order valence-electron chi connectivity index (χ1n) is 6.64. The first-order valence-corrected chi connectivity index (χ1v) is 6.64. The van der Waals surface area contributed by atoms with Gasteiger partial charge in [0.05, 0.1) is 11.1 Å². The van der Waals surface area contributed by atoms with Gasteiger partial charge in [0, 0.05) is 17.6 Å². The Balaban J connectivity index is 2.30. The number of alkyl halides is 3. The lowest BCUT2D eigenvalue weighted by Crippen LogP contribution is -2.17. The highest BCUT2D eigenvalue weighted by molar-refractivity contribution is 6.11. The molecule has 0 unspecified atom stereocenters. The summed E-state index contributed by atoms with van der Waals surface area (Å²) < 4.78 is 40.2. The lowest BCUT2D eigenvalue weighted by molar-refractivity contribution is -0.274. The van der Waals surface area contributed by atoms with Gasteiger partial charge in [0.2, 0.25) is 5.91 Å². The van der Waals surface area contributed by atoms with E-state index in [4.69, 9.17) is 11.1 Å². The molecule has 0 saturated carbocycles. The number of nitrogens with two attached hydrogens (primary N) is 1. The maximum Gasteiger partial charge on any atom is 0.573 e. The van der Waals surface area contributed by atoms with Crippen molar-refractivity contribution in [3.05, 3.63) is 47.7 Å². The zero-order valence-corrected chi connectivity index (χ0v) is 12.4. The molecule has 1 amide bonds. The van der Waals surface area contributed by atoms with E-state index in [9.17, 15) is 18.0 Å². The lowest BCUT2D eigenvalue weighted by atomic mass is 10.0. The molecule has 24 heavy (non-hydrogen) atoms. The number of rotatable bonds is 5. The number of ether oxygens (including phenoxy) is 1. The van der Waals surface area contributed by atoms with Gasteiger partial charge in [-0.3, -0.25) is 4.79 Å². The fourth-order valence-electron chi connectivity index (χ4n) is 2.02. The number of aromatic nitrogens is 1. The Morgan fingerprint density at radius 3 is 2.38 bits per heavy atom. The summed E-state index contributed by atoms with van der Waals surface area (Å²) in [5.74, 6) is -0.880. The van der Waals surface area contributed by atoms with Crippen LogP contribution in [0.15, 0.2) is 36.5 Å². The van der Waals surface area contributed by atoms with Crippen LogP contribution in [0.5, 0.6) is 5.75 Å². The number of hydrogen-bond acceptors (Lipinski definition) is 5. The molecule has 0 spiro atoms. The number of primary amides is 1. The topological polar surface area (TPSA) is 101 Å². The van der Waals surface area contributed by atoms with Gasteiger partial charge in [-0.1, -0.05) is 0 Å². The molecule has 6 nitrogen and oxygen atoms in total. The molecular weight excluding hydrogens is 325 g/mol. The summed E-state index contributed by atoms with van der Waals surface area (Å²) in [6.07, 6.45) is -3.42. The number of hydrogen-bond donors (Lipinski definition) is 3. The van der Waals surface area contributed by atoms with E-state index in [0.717, 1.165) is 12.1 Å². The summed E-state index contributed by atoms with van der Waals surface area (Å²) in [7, 11) is 0. The third-order valence-electron chi connectivity index (χ3n) is 2.94. The van der Waals surface area contributed by atoms with Gasteiger partial charge < -0.3 is 21.2 Å². The van der Waals surface area contributed by atoms with E-state index in [1.807, 2.05) is 0 Å². The van der Waals surface area contributed by atoms with Crippen LogP contribution in [0.2, 0.25) is 0 Å². The van der Waals surface area contributed by atoms with E-state index in [2.05, 4.69) is 15.0 Å². The zero-order valence-electron chi connectivity index (χ0n) is 12.4. The average Bonchev–Trinajstić information content (AvgIpc) is 2.47. The Labute approximate surface area is 135 Å². The first-order chi connectivity index (χ1) is 11.2. The van der Waals surface area contributed by atoms with Crippen LogP contribution in [0.1, 0.15) is 22.8 Å². The molecule has 0 radical (unpaired) electrons. The highest BCUT2D eigenvalue weighted by Gasteiger charge is 2.31. The number of nitrogens with zero attached hydrogens (tertiary/aromatic N) is 1. The first kappa shape index (κ1) is 17.3. The van der Waals surface area contributed by atoms with E-state index < -0.39 is 12.3 Å². The maximum atomic E-state index is 12.1. The number of carbonyl (C=O) groups is 1. The van der Waals surface area contributed by atoms with Gasteiger partial charge in [0.1, 0.15) is 11.6 Å². The number of nitrogens with one attached hydrogen (secondary N) is 2. The SMILES string of the molecule is CC(=N)c1c(C(N)=O)ccnc1Nc1ccc(OC(F)(F)F)cc1. The van der Waals surface area contributed by atoms with Crippen LogP contribution in [-0.4, -0.2) is 23.0 Å². The van der Waals surface area contributed by atoms with Crippen molar-refractivity contribution in [2.75, 3.05) is 5.32 Å². The highest BCUT2D eigenvalue weighted by Crippen LogP contribution is 2.26. The Morgan fingerprint density at radius 1 is 1.25 bits per heavy atom. The van der Waals surface area contributed by atoms with Gasteiger partial charge in [-0.15, -0.1) is 13.2 Å². The summed E-state index contributed by atoms with van der Waals surface area (Å²) >= 11 is 0. The minimum Gasteiger partial charge on any atom is -0.406 e. The van der Waals surface area contributed by atoms with Crippen LogP contribution in [0.25, 0.3) is 0 Å². The molecule has 0 fully saturated rings. The summed E-state index contributed by atoms with van der Waals surface area (Å²) in [5, 5.41) is 10.6. The summed E-state index contributed by atoms with van der Waals surface area (Å²) in [6.45, 7) is 1.47. The molecule has 0 aliphatic rings. The van der Waals surface area contributed by atoms with E-state index in [0.29, 0.717) is 5.69 Å².